The maximum atomic E-state index is 12.7. The van der Waals surface area contributed by atoms with Gasteiger partial charge in [0.25, 0.3) is 11.8 Å². The smallest absolute Gasteiger partial charge is 0.262 e. The van der Waals surface area contributed by atoms with E-state index in [-0.39, 0.29) is 41.1 Å². The predicted octanol–water partition coefficient (Wildman–Crippen LogP) is 5.17. The van der Waals surface area contributed by atoms with Crippen LogP contribution in [0.1, 0.15) is 60.2 Å². The molecule has 3 aromatic rings. The summed E-state index contributed by atoms with van der Waals surface area (Å²) in [6.45, 7) is 7.00. The number of phenols is 1. The molecule has 0 bridgehead atoms. The third-order valence-corrected chi connectivity index (χ3v) is 6.37. The van der Waals surface area contributed by atoms with Crippen LogP contribution < -0.4 is 15.4 Å². The van der Waals surface area contributed by atoms with Crippen LogP contribution >= 0.6 is 0 Å². The lowest BCUT2D eigenvalue weighted by atomic mass is 9.86. The third kappa shape index (κ3) is 6.01. The van der Waals surface area contributed by atoms with Gasteiger partial charge < -0.3 is 20.5 Å². The number of ether oxygens (including phenoxy) is 1. The zero-order chi connectivity index (χ0) is 25.0. The van der Waals surface area contributed by atoms with Crippen LogP contribution in [0, 0.1) is 0 Å². The number of carbonyl (C=O) groups excluding carboxylic acids is 2. The Bertz CT molecular complexity index is 1210. The van der Waals surface area contributed by atoms with E-state index < -0.39 is 0 Å². The van der Waals surface area contributed by atoms with Crippen molar-refractivity contribution < 1.29 is 19.4 Å². The number of fused-ring (bicyclic) bond motifs is 1. The average molecular weight is 473 g/mol. The van der Waals surface area contributed by atoms with Gasteiger partial charge in [-0.05, 0) is 59.2 Å². The molecule has 6 nitrogen and oxygen atoms in total. The van der Waals surface area contributed by atoms with Crippen molar-refractivity contribution in [3.63, 3.8) is 0 Å². The summed E-state index contributed by atoms with van der Waals surface area (Å²) in [6, 6.07) is 21.0. The van der Waals surface area contributed by atoms with Crippen molar-refractivity contribution >= 4 is 17.5 Å². The monoisotopic (exact) mass is 472 g/mol. The molecule has 4 rings (SSSR count). The van der Waals surface area contributed by atoms with E-state index in [0.717, 1.165) is 18.4 Å². The second kappa shape index (κ2) is 10.2. The first kappa shape index (κ1) is 24.3. The molecule has 3 N–H and O–H groups in total. The van der Waals surface area contributed by atoms with E-state index in [1.54, 1.807) is 18.2 Å². The van der Waals surface area contributed by atoms with E-state index in [9.17, 15) is 14.7 Å². The van der Waals surface area contributed by atoms with Gasteiger partial charge in [0.05, 0.1) is 11.3 Å². The second-order valence-corrected chi connectivity index (χ2v) is 10.0. The first-order valence-electron chi connectivity index (χ1n) is 11.9. The number of carbonyl (C=O) groups is 2. The van der Waals surface area contributed by atoms with Gasteiger partial charge in [-0.3, -0.25) is 9.59 Å². The average Bonchev–Trinajstić information content (AvgIpc) is 2.83. The lowest BCUT2D eigenvalue weighted by Gasteiger charge is -2.23. The minimum atomic E-state index is -0.322. The zero-order valence-electron chi connectivity index (χ0n) is 20.4. The number of para-hydroxylation sites is 1. The van der Waals surface area contributed by atoms with Gasteiger partial charge in [0.2, 0.25) is 0 Å². The molecule has 2 amide bonds. The van der Waals surface area contributed by atoms with Crippen molar-refractivity contribution in [3.8, 4) is 11.5 Å². The van der Waals surface area contributed by atoms with Gasteiger partial charge in [-0.1, -0.05) is 63.2 Å². The van der Waals surface area contributed by atoms with Crippen molar-refractivity contribution in [2.75, 3.05) is 18.5 Å². The normalized spacial score (nSPS) is 13.9. The quantitative estimate of drug-likeness (QED) is 0.443. The van der Waals surface area contributed by atoms with E-state index in [4.69, 9.17) is 4.74 Å². The Balaban J connectivity index is 1.52. The Kier molecular flexibility index (Phi) is 7.10. The highest BCUT2D eigenvalue weighted by Gasteiger charge is 2.21. The van der Waals surface area contributed by atoms with Gasteiger partial charge in [0.1, 0.15) is 11.5 Å². The molecule has 0 aromatic heterocycles. The molecular formula is C29H32N2O4. The number of hydrogen-bond donors (Lipinski definition) is 3. The summed E-state index contributed by atoms with van der Waals surface area (Å²) in [5, 5.41) is 15.9. The fourth-order valence-electron chi connectivity index (χ4n) is 4.23. The van der Waals surface area contributed by atoms with E-state index in [1.165, 1.54) is 17.2 Å². The number of nitrogens with one attached hydrogen (secondary N) is 2. The highest BCUT2D eigenvalue weighted by molar-refractivity contribution is 5.97. The fourth-order valence-corrected chi connectivity index (χ4v) is 4.23. The van der Waals surface area contributed by atoms with Crippen molar-refractivity contribution in [1.82, 2.24) is 5.32 Å². The minimum Gasteiger partial charge on any atom is -0.507 e. The van der Waals surface area contributed by atoms with E-state index in [1.807, 2.05) is 18.2 Å². The molecule has 0 aliphatic carbocycles. The lowest BCUT2D eigenvalue weighted by Crippen LogP contribution is -2.29. The topological polar surface area (TPSA) is 87.7 Å². The van der Waals surface area contributed by atoms with Crippen molar-refractivity contribution in [2.24, 2.45) is 0 Å². The molecule has 1 heterocycles. The number of phenolic OH excluding ortho intramolecular Hbond substituents is 1. The molecule has 1 atom stereocenters. The number of hydrogen-bond acceptors (Lipinski definition) is 4. The molecule has 6 heteroatoms. The Morgan fingerprint density at radius 2 is 1.83 bits per heavy atom. The number of aryl methyl sites for hydroxylation is 1. The van der Waals surface area contributed by atoms with Gasteiger partial charge in [0.15, 0.2) is 6.61 Å². The SMILES string of the molecule is CC(C)(C)c1ccc(CCC(CNC(=O)c2ccccc2O)c2ccc3c(c2)NC(=O)CO3)cc1. The molecule has 1 aliphatic heterocycles. The summed E-state index contributed by atoms with van der Waals surface area (Å²) in [5.74, 6) is 0.0867. The van der Waals surface area contributed by atoms with E-state index in [0.29, 0.717) is 18.0 Å². The summed E-state index contributed by atoms with van der Waals surface area (Å²) in [4.78, 5) is 24.5. The molecule has 1 unspecified atom stereocenters. The molecule has 0 radical (unpaired) electrons. The maximum absolute atomic E-state index is 12.7. The highest BCUT2D eigenvalue weighted by Crippen LogP contribution is 2.33. The van der Waals surface area contributed by atoms with Gasteiger partial charge in [0, 0.05) is 12.5 Å². The number of amides is 2. The molecule has 0 saturated heterocycles. The summed E-state index contributed by atoms with van der Waals surface area (Å²) in [6.07, 6.45) is 1.63. The summed E-state index contributed by atoms with van der Waals surface area (Å²) < 4.78 is 5.50. The van der Waals surface area contributed by atoms with Crippen LogP contribution in [0.25, 0.3) is 0 Å². The van der Waals surface area contributed by atoms with Crippen LogP contribution in [0.15, 0.2) is 66.7 Å². The first-order valence-corrected chi connectivity index (χ1v) is 11.9. The fraction of sp³-hybridized carbons (Fsp3) is 0.310. The van der Waals surface area contributed by atoms with Crippen LogP contribution in [0.4, 0.5) is 5.69 Å². The van der Waals surface area contributed by atoms with Gasteiger partial charge in [-0.25, -0.2) is 0 Å². The zero-order valence-corrected chi connectivity index (χ0v) is 20.4. The van der Waals surface area contributed by atoms with Crippen molar-refractivity contribution in [2.45, 2.75) is 44.9 Å². The number of aromatic hydroxyl groups is 1. The number of benzene rings is 3. The van der Waals surface area contributed by atoms with Crippen LogP contribution in [0.3, 0.4) is 0 Å². The Morgan fingerprint density at radius 1 is 1.09 bits per heavy atom. The summed E-state index contributed by atoms with van der Waals surface area (Å²) in [5.41, 5.74) is 4.51. The Hall–Kier alpha value is -3.80. The van der Waals surface area contributed by atoms with Gasteiger partial charge in [-0.15, -0.1) is 0 Å². The van der Waals surface area contributed by atoms with Crippen LogP contribution in [0.5, 0.6) is 11.5 Å². The molecule has 35 heavy (non-hydrogen) atoms. The van der Waals surface area contributed by atoms with E-state index in [2.05, 4.69) is 55.7 Å². The molecule has 182 valence electrons. The standard InChI is InChI=1S/C29H32N2O4/c1-29(2,3)22-13-9-19(10-14-22)8-11-21(17-30-28(34)23-6-4-5-7-25(23)32)20-12-15-26-24(16-20)31-27(33)18-35-26/h4-7,9-10,12-16,21,32H,8,11,17-18H2,1-3H3,(H,30,34)(H,31,33). The number of anilines is 1. The first-order chi connectivity index (χ1) is 16.7. The highest BCUT2D eigenvalue weighted by atomic mass is 16.5. The lowest BCUT2D eigenvalue weighted by molar-refractivity contribution is -0.118. The molecule has 3 aromatic carbocycles. The summed E-state index contributed by atoms with van der Waals surface area (Å²) >= 11 is 0. The predicted molar refractivity (Wildman–Crippen MR) is 137 cm³/mol. The van der Waals surface area contributed by atoms with Crippen molar-refractivity contribution in [3.05, 3.63) is 89.0 Å². The second-order valence-electron chi connectivity index (χ2n) is 10.0. The molecule has 1 aliphatic rings. The molecule has 0 spiro atoms. The van der Waals surface area contributed by atoms with Crippen molar-refractivity contribution in [1.29, 1.82) is 0 Å². The van der Waals surface area contributed by atoms with Gasteiger partial charge in [-0.2, -0.15) is 0 Å². The molecule has 0 saturated carbocycles. The maximum Gasteiger partial charge on any atom is 0.262 e. The molecular weight excluding hydrogens is 440 g/mol. The Morgan fingerprint density at radius 3 is 2.54 bits per heavy atom. The van der Waals surface area contributed by atoms with Crippen LogP contribution in [-0.2, 0) is 16.6 Å². The third-order valence-electron chi connectivity index (χ3n) is 6.37. The van der Waals surface area contributed by atoms with E-state index >= 15 is 0 Å². The Labute approximate surface area is 206 Å². The molecule has 0 fully saturated rings. The van der Waals surface area contributed by atoms with Gasteiger partial charge >= 0.3 is 0 Å². The van der Waals surface area contributed by atoms with Crippen LogP contribution in [-0.4, -0.2) is 30.1 Å². The largest absolute Gasteiger partial charge is 0.507 e. The minimum absolute atomic E-state index is 0.00349. The summed E-state index contributed by atoms with van der Waals surface area (Å²) in [7, 11) is 0. The van der Waals surface area contributed by atoms with Crippen LogP contribution in [0.2, 0.25) is 0 Å². The number of rotatable bonds is 7.